The van der Waals surface area contributed by atoms with Gasteiger partial charge in [0.2, 0.25) is 5.88 Å². The van der Waals surface area contributed by atoms with Crippen molar-refractivity contribution in [1.82, 2.24) is 4.98 Å². The van der Waals surface area contributed by atoms with Crippen LogP contribution < -0.4 is 10.5 Å². The highest BCUT2D eigenvalue weighted by molar-refractivity contribution is 9.10. The lowest BCUT2D eigenvalue weighted by Gasteiger charge is -2.09. The third-order valence-corrected chi connectivity index (χ3v) is 3.05. The molecule has 0 aliphatic rings. The van der Waals surface area contributed by atoms with E-state index in [9.17, 15) is 4.39 Å². The van der Waals surface area contributed by atoms with E-state index in [1.807, 2.05) is 6.07 Å². The molecule has 0 atom stereocenters. The number of benzene rings is 1. The number of hydrogen-bond donors (Lipinski definition) is 1. The molecule has 0 radical (unpaired) electrons. The Kier molecular flexibility index (Phi) is 4.31. The molecule has 2 rings (SSSR count). The van der Waals surface area contributed by atoms with Crippen molar-refractivity contribution in [1.29, 1.82) is 0 Å². The SMILES string of the molecule is NCc1cc(Br)cnc1Oc1cc(F)cc(Br)c1. The van der Waals surface area contributed by atoms with Gasteiger partial charge in [0.25, 0.3) is 0 Å². The number of hydrogen-bond acceptors (Lipinski definition) is 3. The molecule has 0 bridgehead atoms. The van der Waals surface area contributed by atoms with Crippen LogP contribution in [0.25, 0.3) is 0 Å². The van der Waals surface area contributed by atoms with Crippen molar-refractivity contribution in [2.75, 3.05) is 0 Å². The molecule has 3 nitrogen and oxygen atoms in total. The minimum Gasteiger partial charge on any atom is -0.439 e. The summed E-state index contributed by atoms with van der Waals surface area (Å²) in [6.07, 6.45) is 1.60. The van der Waals surface area contributed by atoms with E-state index in [-0.39, 0.29) is 12.4 Å². The molecule has 18 heavy (non-hydrogen) atoms. The first-order chi connectivity index (χ1) is 8.58. The van der Waals surface area contributed by atoms with E-state index in [4.69, 9.17) is 10.5 Å². The van der Waals surface area contributed by atoms with Crippen molar-refractivity contribution in [3.05, 3.63) is 50.8 Å². The van der Waals surface area contributed by atoms with Crippen molar-refractivity contribution in [2.45, 2.75) is 6.54 Å². The Labute approximate surface area is 120 Å². The van der Waals surface area contributed by atoms with Crippen LogP contribution >= 0.6 is 31.9 Å². The highest BCUT2D eigenvalue weighted by Crippen LogP contribution is 2.28. The van der Waals surface area contributed by atoms with E-state index < -0.39 is 0 Å². The van der Waals surface area contributed by atoms with E-state index in [1.165, 1.54) is 12.1 Å². The highest BCUT2D eigenvalue weighted by Gasteiger charge is 2.08. The summed E-state index contributed by atoms with van der Waals surface area (Å²) in [4.78, 5) is 4.12. The second kappa shape index (κ2) is 5.77. The third kappa shape index (κ3) is 3.28. The molecule has 0 aliphatic heterocycles. The van der Waals surface area contributed by atoms with Gasteiger partial charge in [0.15, 0.2) is 0 Å². The van der Waals surface area contributed by atoms with Crippen molar-refractivity contribution >= 4 is 31.9 Å². The summed E-state index contributed by atoms with van der Waals surface area (Å²) in [5, 5.41) is 0. The fourth-order valence-corrected chi connectivity index (χ4v) is 2.23. The number of aromatic nitrogens is 1. The van der Waals surface area contributed by atoms with Crippen LogP contribution in [0, 0.1) is 5.82 Å². The van der Waals surface area contributed by atoms with E-state index in [2.05, 4.69) is 36.8 Å². The minimum atomic E-state index is -0.384. The zero-order chi connectivity index (χ0) is 13.1. The van der Waals surface area contributed by atoms with Crippen LogP contribution in [0.4, 0.5) is 4.39 Å². The normalized spacial score (nSPS) is 10.4. The van der Waals surface area contributed by atoms with Gasteiger partial charge in [-0.15, -0.1) is 0 Å². The maximum Gasteiger partial charge on any atom is 0.223 e. The molecule has 1 aromatic heterocycles. The molecule has 0 fully saturated rings. The minimum absolute atomic E-state index is 0.290. The molecule has 0 saturated heterocycles. The highest BCUT2D eigenvalue weighted by atomic mass is 79.9. The molecule has 6 heteroatoms. The second-order valence-corrected chi connectivity index (χ2v) is 5.36. The van der Waals surface area contributed by atoms with Crippen molar-refractivity contribution in [3.63, 3.8) is 0 Å². The Bertz CT molecular complexity index is 558. The van der Waals surface area contributed by atoms with Gasteiger partial charge in [0.1, 0.15) is 11.6 Å². The fraction of sp³-hybridized carbons (Fsp3) is 0.0833. The van der Waals surface area contributed by atoms with Crippen LogP contribution in [0.5, 0.6) is 11.6 Å². The fourth-order valence-electron chi connectivity index (χ4n) is 1.41. The summed E-state index contributed by atoms with van der Waals surface area (Å²) in [6, 6.07) is 6.12. The van der Waals surface area contributed by atoms with E-state index in [0.29, 0.717) is 16.1 Å². The summed E-state index contributed by atoms with van der Waals surface area (Å²) in [5.41, 5.74) is 6.35. The third-order valence-electron chi connectivity index (χ3n) is 2.16. The van der Waals surface area contributed by atoms with Crippen molar-refractivity contribution < 1.29 is 9.13 Å². The molecular weight excluding hydrogens is 367 g/mol. The van der Waals surface area contributed by atoms with Gasteiger partial charge in [-0.2, -0.15) is 0 Å². The largest absolute Gasteiger partial charge is 0.439 e. The zero-order valence-electron chi connectivity index (χ0n) is 9.16. The van der Waals surface area contributed by atoms with Gasteiger partial charge >= 0.3 is 0 Å². The molecule has 94 valence electrons. The van der Waals surface area contributed by atoms with Gasteiger partial charge in [-0.1, -0.05) is 15.9 Å². The van der Waals surface area contributed by atoms with Crippen LogP contribution in [-0.2, 0) is 6.54 Å². The van der Waals surface area contributed by atoms with Gasteiger partial charge < -0.3 is 10.5 Å². The number of pyridine rings is 1. The Morgan fingerprint density at radius 2 is 1.94 bits per heavy atom. The summed E-state index contributed by atoms with van der Waals surface area (Å²) in [7, 11) is 0. The van der Waals surface area contributed by atoms with Gasteiger partial charge in [-0.25, -0.2) is 9.37 Å². The average Bonchev–Trinajstić information content (AvgIpc) is 2.30. The molecule has 1 heterocycles. The quantitative estimate of drug-likeness (QED) is 0.882. The number of nitrogens with zero attached hydrogens (tertiary/aromatic N) is 1. The monoisotopic (exact) mass is 374 g/mol. The smallest absolute Gasteiger partial charge is 0.223 e. The molecule has 1 aromatic carbocycles. The van der Waals surface area contributed by atoms with E-state index in [1.54, 1.807) is 12.3 Å². The van der Waals surface area contributed by atoms with Crippen LogP contribution in [0.1, 0.15) is 5.56 Å². The second-order valence-electron chi connectivity index (χ2n) is 3.53. The summed E-state index contributed by atoms with van der Waals surface area (Å²) >= 11 is 6.51. The molecule has 0 aliphatic carbocycles. The molecule has 2 N–H and O–H groups in total. The lowest BCUT2D eigenvalue weighted by Crippen LogP contribution is -2.01. The molecule has 0 spiro atoms. The molecule has 0 amide bonds. The first kappa shape index (κ1) is 13.5. The van der Waals surface area contributed by atoms with Crippen LogP contribution in [0.3, 0.4) is 0 Å². The maximum absolute atomic E-state index is 13.2. The van der Waals surface area contributed by atoms with Crippen LogP contribution in [0.15, 0.2) is 39.4 Å². The lowest BCUT2D eigenvalue weighted by atomic mass is 10.2. The van der Waals surface area contributed by atoms with Crippen LogP contribution in [0.2, 0.25) is 0 Å². The predicted octanol–water partition coefficient (Wildman–Crippen LogP) is 4.00. The predicted molar refractivity (Wildman–Crippen MR) is 74.0 cm³/mol. The zero-order valence-corrected chi connectivity index (χ0v) is 12.3. The molecule has 0 saturated carbocycles. The Balaban J connectivity index is 2.33. The first-order valence-corrected chi connectivity index (χ1v) is 6.65. The molecule has 2 aromatic rings. The summed E-state index contributed by atoms with van der Waals surface area (Å²) < 4.78 is 20.2. The number of ether oxygens (including phenoxy) is 1. The maximum atomic E-state index is 13.2. The molecular formula is C12H9Br2FN2O. The topological polar surface area (TPSA) is 48.1 Å². The summed E-state index contributed by atoms with van der Waals surface area (Å²) in [6.45, 7) is 0.290. The van der Waals surface area contributed by atoms with E-state index in [0.717, 1.165) is 10.0 Å². The van der Waals surface area contributed by atoms with Gasteiger partial charge in [0.05, 0.1) is 0 Å². The Morgan fingerprint density at radius 3 is 2.61 bits per heavy atom. The average molecular weight is 376 g/mol. The van der Waals surface area contributed by atoms with Gasteiger partial charge in [-0.05, 0) is 34.1 Å². The Hall–Kier alpha value is -0.980. The van der Waals surface area contributed by atoms with Gasteiger partial charge in [-0.3, -0.25) is 0 Å². The van der Waals surface area contributed by atoms with Crippen molar-refractivity contribution in [2.24, 2.45) is 5.73 Å². The lowest BCUT2D eigenvalue weighted by molar-refractivity contribution is 0.451. The van der Waals surface area contributed by atoms with Gasteiger partial charge in [0, 0.05) is 33.3 Å². The van der Waals surface area contributed by atoms with Crippen LogP contribution in [-0.4, -0.2) is 4.98 Å². The summed E-state index contributed by atoms with van der Waals surface area (Å²) in [5.74, 6) is 0.357. The van der Waals surface area contributed by atoms with E-state index >= 15 is 0 Å². The number of rotatable bonds is 3. The molecule has 0 unspecified atom stereocenters. The first-order valence-electron chi connectivity index (χ1n) is 5.07. The number of nitrogens with two attached hydrogens (primary N) is 1. The number of halogens is 3. The van der Waals surface area contributed by atoms with Crippen molar-refractivity contribution in [3.8, 4) is 11.6 Å². The standard InChI is InChI=1S/C12H9Br2FN2O/c13-8-2-10(15)4-11(3-8)18-12-7(5-16)1-9(14)6-17-12/h1-4,6H,5,16H2. The Morgan fingerprint density at radius 1 is 1.17 bits per heavy atom.